The number of ketones is 1. The molecule has 1 amide bonds. The molecule has 2 aromatic rings. The molecule has 0 spiro atoms. The standard InChI is InChI=1S/C22H32Cl2N4O2.C9H8Cl2O/c1-30-26-21(15-25)18(16-5-6-19(23)20(24)14-16)9-13-27-11-7-17(8-12-27)28-10-3-2-4-22(28)29;1-2-9(12)6-3-7(10)5-8(11)4-6/h5-6,14,17-18H,2-4,7-13,15,25H2,1H3;3-5H,2H2,1H3/b26-21+;/t18-;/m1./s1. The van der Waals surface area contributed by atoms with Gasteiger partial charge in [0, 0.05) is 66.6 Å². The number of carbonyl (C=O) groups is 2. The quantitative estimate of drug-likeness (QED) is 0.162. The molecule has 2 aliphatic heterocycles. The van der Waals surface area contributed by atoms with Gasteiger partial charge in [-0.05, 0) is 74.5 Å². The van der Waals surface area contributed by atoms with E-state index in [4.69, 9.17) is 57.0 Å². The summed E-state index contributed by atoms with van der Waals surface area (Å²) in [6.07, 6.45) is 6.31. The van der Waals surface area contributed by atoms with E-state index in [0.29, 0.717) is 57.0 Å². The van der Waals surface area contributed by atoms with E-state index >= 15 is 0 Å². The fourth-order valence-electron chi connectivity index (χ4n) is 5.51. The van der Waals surface area contributed by atoms with Gasteiger partial charge in [-0.15, -0.1) is 0 Å². The number of amides is 1. The molecule has 42 heavy (non-hydrogen) atoms. The Morgan fingerprint density at radius 3 is 2.29 bits per heavy atom. The number of nitrogens with two attached hydrogens (primary N) is 1. The summed E-state index contributed by atoms with van der Waals surface area (Å²) in [4.78, 5) is 33.0. The van der Waals surface area contributed by atoms with E-state index in [-0.39, 0.29) is 11.7 Å². The highest BCUT2D eigenvalue weighted by Gasteiger charge is 2.30. The van der Waals surface area contributed by atoms with E-state index in [9.17, 15) is 9.59 Å². The fourth-order valence-corrected chi connectivity index (χ4v) is 6.35. The van der Waals surface area contributed by atoms with Gasteiger partial charge in [0.2, 0.25) is 5.91 Å². The van der Waals surface area contributed by atoms with Crippen LogP contribution in [0.2, 0.25) is 20.1 Å². The van der Waals surface area contributed by atoms with E-state index in [0.717, 1.165) is 69.6 Å². The van der Waals surface area contributed by atoms with Crippen molar-refractivity contribution in [2.45, 2.75) is 63.8 Å². The number of benzene rings is 2. The predicted octanol–water partition coefficient (Wildman–Crippen LogP) is 7.49. The Labute approximate surface area is 269 Å². The van der Waals surface area contributed by atoms with E-state index < -0.39 is 0 Å². The monoisotopic (exact) mass is 656 g/mol. The number of nitrogens with zero attached hydrogens (tertiary/aromatic N) is 3. The SMILES string of the molecule is CCC(=O)c1cc(Cl)cc(Cl)c1.CO/N=C(\CN)[C@H](CCN1CCC(N2CCCCC2=O)CC1)c1ccc(Cl)c(Cl)c1. The molecular formula is C31H40Cl4N4O3. The van der Waals surface area contributed by atoms with Crippen LogP contribution in [-0.4, -0.2) is 73.1 Å². The molecule has 2 heterocycles. The van der Waals surface area contributed by atoms with Gasteiger partial charge in [0.05, 0.1) is 15.8 Å². The number of hydrogen-bond donors (Lipinski definition) is 1. The Morgan fingerprint density at radius 2 is 1.71 bits per heavy atom. The Hall–Kier alpha value is -1.87. The number of oxime groups is 1. The molecule has 0 aliphatic carbocycles. The van der Waals surface area contributed by atoms with Crippen molar-refractivity contribution in [3.05, 3.63) is 67.6 Å². The van der Waals surface area contributed by atoms with Crippen molar-refractivity contribution in [1.29, 1.82) is 0 Å². The number of halogens is 4. The largest absolute Gasteiger partial charge is 0.399 e. The Balaban J connectivity index is 0.000000337. The number of hydrogen-bond acceptors (Lipinski definition) is 6. The van der Waals surface area contributed by atoms with Gasteiger partial charge in [-0.3, -0.25) is 9.59 Å². The van der Waals surface area contributed by atoms with Gasteiger partial charge >= 0.3 is 0 Å². The van der Waals surface area contributed by atoms with Gasteiger partial charge in [0.15, 0.2) is 5.78 Å². The van der Waals surface area contributed by atoms with Gasteiger partial charge in [0.25, 0.3) is 0 Å². The van der Waals surface area contributed by atoms with Crippen LogP contribution in [0, 0.1) is 0 Å². The first-order chi connectivity index (χ1) is 20.2. The molecule has 7 nitrogen and oxygen atoms in total. The first-order valence-corrected chi connectivity index (χ1v) is 15.9. The maximum atomic E-state index is 12.2. The van der Waals surface area contributed by atoms with Crippen LogP contribution in [0.4, 0.5) is 0 Å². The summed E-state index contributed by atoms with van der Waals surface area (Å²) in [7, 11) is 1.54. The molecule has 0 bridgehead atoms. The molecule has 2 aliphatic rings. The van der Waals surface area contributed by atoms with Crippen LogP contribution in [0.3, 0.4) is 0 Å². The second kappa shape index (κ2) is 17.4. The zero-order chi connectivity index (χ0) is 30.6. The van der Waals surface area contributed by atoms with E-state index in [2.05, 4.69) is 15.0 Å². The van der Waals surface area contributed by atoms with Gasteiger partial charge in [0.1, 0.15) is 7.11 Å². The third-order valence-electron chi connectivity index (χ3n) is 7.76. The van der Waals surface area contributed by atoms with Crippen molar-refractivity contribution in [3.8, 4) is 0 Å². The molecular weight excluding hydrogens is 618 g/mol. The molecule has 0 saturated carbocycles. The molecule has 11 heteroatoms. The van der Waals surface area contributed by atoms with Crippen LogP contribution in [0.1, 0.15) is 73.7 Å². The smallest absolute Gasteiger partial charge is 0.222 e. The minimum atomic E-state index is 0.0195. The van der Waals surface area contributed by atoms with Crippen molar-refractivity contribution in [2.75, 3.05) is 39.8 Å². The molecule has 0 unspecified atom stereocenters. The summed E-state index contributed by atoms with van der Waals surface area (Å²) in [6, 6.07) is 10.9. The van der Waals surface area contributed by atoms with Crippen molar-refractivity contribution in [1.82, 2.24) is 9.80 Å². The number of carbonyl (C=O) groups excluding carboxylic acids is 2. The molecule has 0 aromatic heterocycles. The Bertz CT molecular complexity index is 1210. The first kappa shape index (κ1) is 34.6. The maximum absolute atomic E-state index is 12.2. The molecule has 1 atom stereocenters. The summed E-state index contributed by atoms with van der Waals surface area (Å²) < 4.78 is 0. The van der Waals surface area contributed by atoms with E-state index in [1.807, 2.05) is 18.2 Å². The van der Waals surface area contributed by atoms with Crippen LogP contribution in [0.25, 0.3) is 0 Å². The molecule has 2 fully saturated rings. The first-order valence-electron chi connectivity index (χ1n) is 14.4. The summed E-state index contributed by atoms with van der Waals surface area (Å²) >= 11 is 23.8. The Kier molecular flexibility index (Phi) is 14.4. The minimum absolute atomic E-state index is 0.0195. The number of piperidine rings is 2. The van der Waals surface area contributed by atoms with Crippen molar-refractivity contribution >= 4 is 63.8 Å². The lowest BCUT2D eigenvalue weighted by atomic mass is 9.90. The lowest BCUT2D eigenvalue weighted by Gasteiger charge is -2.40. The summed E-state index contributed by atoms with van der Waals surface area (Å²) in [6.45, 7) is 5.98. The third-order valence-corrected chi connectivity index (χ3v) is 8.94. The number of likely N-dealkylation sites (tertiary alicyclic amines) is 2. The lowest BCUT2D eigenvalue weighted by Crippen LogP contribution is -2.49. The topological polar surface area (TPSA) is 88.2 Å². The fraction of sp³-hybridized carbons (Fsp3) is 0.516. The lowest BCUT2D eigenvalue weighted by molar-refractivity contribution is -0.136. The molecule has 2 N–H and O–H groups in total. The highest BCUT2D eigenvalue weighted by molar-refractivity contribution is 6.42. The average Bonchev–Trinajstić information content (AvgIpc) is 2.98. The molecule has 0 radical (unpaired) electrons. The zero-order valence-corrected chi connectivity index (χ0v) is 27.3. The molecule has 4 rings (SSSR count). The van der Waals surface area contributed by atoms with E-state index in [1.165, 1.54) is 7.11 Å². The van der Waals surface area contributed by atoms with Crippen LogP contribution >= 0.6 is 46.4 Å². The average molecular weight is 658 g/mol. The normalized spacial score (nSPS) is 17.5. The second-order valence-electron chi connectivity index (χ2n) is 10.5. The predicted molar refractivity (Wildman–Crippen MR) is 173 cm³/mol. The minimum Gasteiger partial charge on any atom is -0.399 e. The van der Waals surface area contributed by atoms with Crippen LogP contribution in [0.15, 0.2) is 41.6 Å². The molecule has 2 saturated heterocycles. The van der Waals surface area contributed by atoms with E-state index in [1.54, 1.807) is 25.1 Å². The highest BCUT2D eigenvalue weighted by atomic mass is 35.5. The molecule has 2 aromatic carbocycles. The van der Waals surface area contributed by atoms with Crippen molar-refractivity contribution in [3.63, 3.8) is 0 Å². The number of Topliss-reactive ketones (excluding diaryl/α,β-unsaturated/α-hetero) is 1. The van der Waals surface area contributed by atoms with Gasteiger partial charge < -0.3 is 20.4 Å². The van der Waals surface area contributed by atoms with Crippen LogP contribution in [0.5, 0.6) is 0 Å². The van der Waals surface area contributed by atoms with Crippen LogP contribution in [-0.2, 0) is 9.63 Å². The van der Waals surface area contributed by atoms with Crippen molar-refractivity contribution in [2.24, 2.45) is 10.9 Å². The Morgan fingerprint density at radius 1 is 1.02 bits per heavy atom. The zero-order valence-electron chi connectivity index (χ0n) is 24.3. The molecule has 230 valence electrons. The summed E-state index contributed by atoms with van der Waals surface area (Å²) in [5.41, 5.74) is 8.38. The van der Waals surface area contributed by atoms with Gasteiger partial charge in [-0.25, -0.2) is 0 Å². The second-order valence-corrected chi connectivity index (χ2v) is 12.2. The summed E-state index contributed by atoms with van der Waals surface area (Å²) in [5, 5.41) is 6.23. The number of rotatable bonds is 10. The van der Waals surface area contributed by atoms with Crippen molar-refractivity contribution < 1.29 is 14.4 Å². The van der Waals surface area contributed by atoms with Crippen LogP contribution < -0.4 is 5.73 Å². The highest BCUT2D eigenvalue weighted by Crippen LogP contribution is 2.30. The maximum Gasteiger partial charge on any atom is 0.222 e. The third kappa shape index (κ3) is 10.1. The van der Waals surface area contributed by atoms with Gasteiger partial charge in [-0.2, -0.15) is 0 Å². The summed E-state index contributed by atoms with van der Waals surface area (Å²) in [5.74, 6) is 0.410. The van der Waals surface area contributed by atoms with Gasteiger partial charge in [-0.1, -0.05) is 64.5 Å².